The first-order valence-electron chi connectivity index (χ1n) is 12.6. The van der Waals surface area contributed by atoms with Crippen LogP contribution in [0.4, 0.5) is 5.82 Å². The second-order valence-corrected chi connectivity index (χ2v) is 11.1. The molecule has 3 N–H and O–H groups in total. The first-order chi connectivity index (χ1) is 16.9. The summed E-state index contributed by atoms with van der Waals surface area (Å²) in [6, 6.07) is 9.24. The molecule has 3 heterocycles. The molecule has 0 radical (unpaired) electrons. The summed E-state index contributed by atoms with van der Waals surface area (Å²) in [7, 11) is 1.73. The van der Waals surface area contributed by atoms with Gasteiger partial charge in [0.05, 0.1) is 17.5 Å². The number of nitrogen functional groups attached to an aromatic ring is 1. The van der Waals surface area contributed by atoms with Crippen molar-refractivity contribution in [1.82, 2.24) is 19.9 Å². The topological polar surface area (TPSA) is 77.5 Å². The number of nitrogens with zero attached hydrogens (tertiary/aromatic N) is 3. The first-order valence-corrected chi connectivity index (χ1v) is 13.4. The third-order valence-electron chi connectivity index (χ3n) is 6.87. The molecule has 1 aromatic carbocycles. The Morgan fingerprint density at radius 3 is 2.89 bits per heavy atom. The molecule has 1 atom stereocenters. The molecule has 1 unspecified atom stereocenters. The number of methoxy groups -OCH3 is 1. The van der Waals surface area contributed by atoms with Gasteiger partial charge in [0.15, 0.2) is 5.82 Å². The van der Waals surface area contributed by atoms with Crippen LogP contribution in [0.1, 0.15) is 57.2 Å². The van der Waals surface area contributed by atoms with E-state index in [4.69, 9.17) is 10.5 Å². The maximum absolute atomic E-state index is 6.38. The largest absolute Gasteiger partial charge is 0.495 e. The van der Waals surface area contributed by atoms with E-state index >= 15 is 0 Å². The Hall–Kier alpha value is -2.90. The minimum atomic E-state index is 0.500. The summed E-state index contributed by atoms with van der Waals surface area (Å²) in [5.74, 6) is 2.04. The number of anilines is 1. The molecule has 5 rings (SSSR count). The molecule has 0 saturated heterocycles. The van der Waals surface area contributed by atoms with Crippen molar-refractivity contribution >= 4 is 32.8 Å². The molecule has 1 aliphatic carbocycles. The summed E-state index contributed by atoms with van der Waals surface area (Å²) in [4.78, 5) is 5.45. The van der Waals surface area contributed by atoms with Crippen molar-refractivity contribution in [3.63, 3.8) is 0 Å². The molecule has 0 amide bonds. The van der Waals surface area contributed by atoms with E-state index in [0.29, 0.717) is 17.8 Å². The number of benzene rings is 1. The summed E-state index contributed by atoms with van der Waals surface area (Å²) in [5, 5.41) is 9.57. The number of rotatable bonds is 6. The predicted octanol–water partition coefficient (Wildman–Crippen LogP) is 6.51. The molecule has 7 heteroatoms. The van der Waals surface area contributed by atoms with Crippen molar-refractivity contribution in [2.75, 3.05) is 12.8 Å². The number of aryl methyl sites for hydroxylation is 1. The summed E-state index contributed by atoms with van der Waals surface area (Å²) in [6.07, 6.45) is 10.0. The molecule has 184 valence electrons. The molecular weight excluding hydrogens is 454 g/mol. The SMILES string of the molecule is COc1cc(C)cc2cc(-c3cc(CNC4CCCC(=CC(C)C)CC4)n4ncnc(N)c34)sc12. The average Bonchev–Trinajstić information content (AvgIpc) is 3.34. The number of thiophene rings is 1. The first kappa shape index (κ1) is 23.8. The van der Waals surface area contributed by atoms with Crippen molar-refractivity contribution in [2.45, 2.75) is 65.5 Å². The van der Waals surface area contributed by atoms with Crippen molar-refractivity contribution in [1.29, 1.82) is 0 Å². The molecule has 1 aliphatic rings. The van der Waals surface area contributed by atoms with E-state index in [9.17, 15) is 0 Å². The van der Waals surface area contributed by atoms with Gasteiger partial charge in [-0.25, -0.2) is 9.50 Å². The summed E-state index contributed by atoms with van der Waals surface area (Å²) < 4.78 is 8.76. The fraction of sp³-hybridized carbons (Fsp3) is 0.429. The van der Waals surface area contributed by atoms with E-state index in [2.05, 4.69) is 66.5 Å². The zero-order chi connectivity index (χ0) is 24.5. The zero-order valence-corrected chi connectivity index (χ0v) is 21.9. The predicted molar refractivity (Wildman–Crippen MR) is 146 cm³/mol. The van der Waals surface area contributed by atoms with Gasteiger partial charge < -0.3 is 15.8 Å². The molecule has 1 fully saturated rings. The van der Waals surface area contributed by atoms with Gasteiger partial charge in [-0.3, -0.25) is 0 Å². The number of nitrogens with one attached hydrogen (secondary N) is 1. The fourth-order valence-electron chi connectivity index (χ4n) is 5.29. The van der Waals surface area contributed by atoms with Gasteiger partial charge in [0.2, 0.25) is 0 Å². The Morgan fingerprint density at radius 1 is 1.23 bits per heavy atom. The molecule has 6 nitrogen and oxygen atoms in total. The third-order valence-corrected chi connectivity index (χ3v) is 8.07. The second kappa shape index (κ2) is 9.99. The fourth-order valence-corrected chi connectivity index (χ4v) is 6.44. The number of ether oxygens (including phenoxy) is 1. The van der Waals surface area contributed by atoms with Crippen LogP contribution in [0.5, 0.6) is 5.75 Å². The summed E-state index contributed by atoms with van der Waals surface area (Å²) in [6.45, 7) is 7.38. The Morgan fingerprint density at radius 2 is 2.09 bits per heavy atom. The summed E-state index contributed by atoms with van der Waals surface area (Å²) in [5.41, 5.74) is 12.2. The lowest BCUT2D eigenvalue weighted by Crippen LogP contribution is -2.28. The number of hydrogen-bond donors (Lipinski definition) is 2. The van der Waals surface area contributed by atoms with Gasteiger partial charge in [-0.05, 0) is 74.1 Å². The van der Waals surface area contributed by atoms with Crippen molar-refractivity contribution in [2.24, 2.45) is 5.92 Å². The van der Waals surface area contributed by atoms with Crippen LogP contribution in [0.15, 0.2) is 42.2 Å². The van der Waals surface area contributed by atoms with Gasteiger partial charge in [-0.2, -0.15) is 5.10 Å². The Labute approximate surface area is 211 Å². The van der Waals surface area contributed by atoms with Crippen molar-refractivity contribution < 1.29 is 4.74 Å². The molecule has 4 aromatic rings. The highest BCUT2D eigenvalue weighted by atomic mass is 32.1. The smallest absolute Gasteiger partial charge is 0.152 e. The monoisotopic (exact) mass is 489 g/mol. The minimum absolute atomic E-state index is 0.500. The van der Waals surface area contributed by atoms with Crippen molar-refractivity contribution in [3.8, 4) is 16.2 Å². The normalized spacial score (nSPS) is 18.1. The Bertz CT molecular complexity index is 1380. The van der Waals surface area contributed by atoms with Gasteiger partial charge in [0.1, 0.15) is 17.6 Å². The van der Waals surface area contributed by atoms with Gasteiger partial charge in [0, 0.05) is 23.0 Å². The van der Waals surface area contributed by atoms with Crippen LogP contribution in [0.25, 0.3) is 26.0 Å². The highest BCUT2D eigenvalue weighted by Crippen LogP contribution is 2.42. The molecule has 0 spiro atoms. The van der Waals surface area contributed by atoms with E-state index in [1.54, 1.807) is 30.3 Å². The van der Waals surface area contributed by atoms with Crippen LogP contribution in [0.2, 0.25) is 0 Å². The van der Waals surface area contributed by atoms with Crippen molar-refractivity contribution in [3.05, 3.63) is 53.5 Å². The van der Waals surface area contributed by atoms with Crippen LogP contribution in [0, 0.1) is 12.8 Å². The molecule has 0 aliphatic heterocycles. The number of aromatic nitrogens is 3. The Balaban J connectivity index is 1.45. The van der Waals surface area contributed by atoms with Gasteiger partial charge >= 0.3 is 0 Å². The molecule has 3 aromatic heterocycles. The quantitative estimate of drug-likeness (QED) is 0.238. The number of allylic oxidation sites excluding steroid dienone is 2. The van der Waals surface area contributed by atoms with Gasteiger partial charge in [-0.1, -0.05) is 31.6 Å². The third kappa shape index (κ3) is 4.93. The maximum atomic E-state index is 6.38. The lowest BCUT2D eigenvalue weighted by molar-refractivity contribution is 0.420. The minimum Gasteiger partial charge on any atom is -0.495 e. The Kier molecular flexibility index (Phi) is 6.80. The lowest BCUT2D eigenvalue weighted by Gasteiger charge is -2.16. The van der Waals surface area contributed by atoms with Crippen LogP contribution < -0.4 is 15.8 Å². The van der Waals surface area contributed by atoms with Crippen LogP contribution in [0.3, 0.4) is 0 Å². The average molecular weight is 490 g/mol. The number of nitrogens with two attached hydrogens (primary N) is 1. The van der Waals surface area contributed by atoms with Crippen LogP contribution in [-0.2, 0) is 6.54 Å². The number of hydrogen-bond acceptors (Lipinski definition) is 6. The maximum Gasteiger partial charge on any atom is 0.152 e. The summed E-state index contributed by atoms with van der Waals surface area (Å²) >= 11 is 1.72. The van der Waals surface area contributed by atoms with Gasteiger partial charge in [-0.15, -0.1) is 11.3 Å². The van der Waals surface area contributed by atoms with E-state index < -0.39 is 0 Å². The van der Waals surface area contributed by atoms with E-state index in [1.165, 1.54) is 43.1 Å². The lowest BCUT2D eigenvalue weighted by atomic mass is 10.0. The highest BCUT2D eigenvalue weighted by Gasteiger charge is 2.20. The van der Waals surface area contributed by atoms with E-state index in [0.717, 1.165) is 38.6 Å². The molecule has 1 saturated carbocycles. The highest BCUT2D eigenvalue weighted by molar-refractivity contribution is 7.22. The van der Waals surface area contributed by atoms with Crippen LogP contribution >= 0.6 is 11.3 Å². The van der Waals surface area contributed by atoms with Gasteiger partial charge in [0.25, 0.3) is 0 Å². The molecular formula is C28H35N5OS. The molecule has 35 heavy (non-hydrogen) atoms. The van der Waals surface area contributed by atoms with E-state index in [1.807, 2.05) is 4.52 Å². The van der Waals surface area contributed by atoms with Crippen LogP contribution in [-0.4, -0.2) is 27.7 Å². The standard InChI is InChI=1S/C28H35N5OS/c1-17(2)10-19-6-5-7-21(9-8-19)30-15-22-14-23(26-28(29)31-16-32-33(22)26)25-13-20-11-18(3)12-24(34-4)27(20)35-25/h10-14,16-17,21,30H,5-9,15H2,1-4H3,(H2,29,31,32). The van der Waals surface area contributed by atoms with E-state index in [-0.39, 0.29) is 0 Å². The number of fused-ring (bicyclic) bond motifs is 2. The second-order valence-electron chi connectivity index (χ2n) is 10.0. The molecule has 0 bridgehead atoms. The zero-order valence-electron chi connectivity index (χ0n) is 21.1.